The molecule has 0 bridgehead atoms. The third-order valence-corrected chi connectivity index (χ3v) is 5.03. The van der Waals surface area contributed by atoms with Crippen molar-refractivity contribution in [1.82, 2.24) is 15.1 Å². The van der Waals surface area contributed by atoms with E-state index < -0.39 is 0 Å². The second-order valence-electron chi connectivity index (χ2n) is 7.07. The predicted octanol–water partition coefficient (Wildman–Crippen LogP) is 2.64. The molecule has 2 aromatic carbocycles. The fourth-order valence-electron chi connectivity index (χ4n) is 3.38. The van der Waals surface area contributed by atoms with Crippen LogP contribution in [0.2, 0.25) is 0 Å². The average Bonchev–Trinajstić information content (AvgIpc) is 2.68. The number of nitrogens with zero attached hydrogens (tertiary/aromatic N) is 2. The Labute approximate surface area is 156 Å². The molecule has 0 aliphatic carbocycles. The second kappa shape index (κ2) is 9.51. The first kappa shape index (κ1) is 18.6. The minimum absolute atomic E-state index is 0.0370. The SMILES string of the molecule is CN1CCN(CCCNC(=O)c2ccccc2Cc2ccccc2)CC1. The molecular weight excluding hydrogens is 322 g/mol. The van der Waals surface area contributed by atoms with Gasteiger partial charge in [0, 0.05) is 38.3 Å². The first-order valence-electron chi connectivity index (χ1n) is 9.53. The van der Waals surface area contributed by atoms with Gasteiger partial charge >= 0.3 is 0 Å². The summed E-state index contributed by atoms with van der Waals surface area (Å²) < 4.78 is 0. The largest absolute Gasteiger partial charge is 0.352 e. The summed E-state index contributed by atoms with van der Waals surface area (Å²) >= 11 is 0. The maximum atomic E-state index is 12.6. The molecule has 1 N–H and O–H groups in total. The lowest BCUT2D eigenvalue weighted by molar-refractivity contribution is 0.0948. The quantitative estimate of drug-likeness (QED) is 0.779. The van der Waals surface area contributed by atoms with E-state index in [4.69, 9.17) is 0 Å². The van der Waals surface area contributed by atoms with Crippen molar-refractivity contribution in [1.29, 1.82) is 0 Å². The van der Waals surface area contributed by atoms with Crippen molar-refractivity contribution in [3.63, 3.8) is 0 Å². The molecular formula is C22H29N3O. The lowest BCUT2D eigenvalue weighted by Gasteiger charge is -2.32. The van der Waals surface area contributed by atoms with Crippen LogP contribution in [0, 0.1) is 0 Å². The number of carbonyl (C=O) groups is 1. The van der Waals surface area contributed by atoms with E-state index in [0.29, 0.717) is 0 Å². The second-order valence-corrected chi connectivity index (χ2v) is 7.07. The molecule has 1 fully saturated rings. The molecule has 2 aromatic rings. The van der Waals surface area contributed by atoms with Gasteiger partial charge in [-0.3, -0.25) is 4.79 Å². The van der Waals surface area contributed by atoms with Crippen LogP contribution in [-0.4, -0.2) is 62.0 Å². The fourth-order valence-corrected chi connectivity index (χ4v) is 3.38. The van der Waals surface area contributed by atoms with Crippen molar-refractivity contribution in [2.75, 3.05) is 46.3 Å². The summed E-state index contributed by atoms with van der Waals surface area (Å²) in [6, 6.07) is 18.2. The van der Waals surface area contributed by atoms with E-state index in [9.17, 15) is 4.79 Å². The van der Waals surface area contributed by atoms with Gasteiger partial charge in [-0.15, -0.1) is 0 Å². The van der Waals surface area contributed by atoms with Crippen LogP contribution < -0.4 is 5.32 Å². The number of nitrogens with one attached hydrogen (secondary N) is 1. The van der Waals surface area contributed by atoms with Gasteiger partial charge in [0.25, 0.3) is 5.91 Å². The van der Waals surface area contributed by atoms with Crippen LogP contribution in [0.5, 0.6) is 0 Å². The Balaban J connectivity index is 1.48. The molecule has 26 heavy (non-hydrogen) atoms. The van der Waals surface area contributed by atoms with Crippen molar-refractivity contribution >= 4 is 5.91 Å². The van der Waals surface area contributed by atoms with Crippen molar-refractivity contribution in [2.45, 2.75) is 12.8 Å². The number of carbonyl (C=O) groups excluding carboxylic acids is 1. The van der Waals surface area contributed by atoms with E-state index in [1.165, 1.54) is 5.56 Å². The van der Waals surface area contributed by atoms with E-state index in [2.05, 4.69) is 34.3 Å². The zero-order chi connectivity index (χ0) is 18.2. The number of hydrogen-bond donors (Lipinski definition) is 1. The van der Waals surface area contributed by atoms with E-state index in [0.717, 1.165) is 63.2 Å². The van der Waals surface area contributed by atoms with Crippen molar-refractivity contribution < 1.29 is 4.79 Å². The van der Waals surface area contributed by atoms with Gasteiger partial charge in [-0.05, 0) is 43.6 Å². The van der Waals surface area contributed by atoms with Gasteiger partial charge < -0.3 is 15.1 Å². The third kappa shape index (κ3) is 5.41. The van der Waals surface area contributed by atoms with Gasteiger partial charge in [-0.25, -0.2) is 0 Å². The minimum Gasteiger partial charge on any atom is -0.352 e. The molecule has 1 amide bonds. The van der Waals surface area contributed by atoms with Crippen molar-refractivity contribution in [3.8, 4) is 0 Å². The van der Waals surface area contributed by atoms with Gasteiger partial charge in [0.15, 0.2) is 0 Å². The van der Waals surface area contributed by atoms with Crippen LogP contribution in [0.3, 0.4) is 0 Å². The molecule has 0 aromatic heterocycles. The topological polar surface area (TPSA) is 35.6 Å². The van der Waals surface area contributed by atoms with E-state index in [-0.39, 0.29) is 5.91 Å². The summed E-state index contributed by atoms with van der Waals surface area (Å²) in [5.41, 5.74) is 3.09. The molecule has 4 nitrogen and oxygen atoms in total. The highest BCUT2D eigenvalue weighted by Gasteiger charge is 2.14. The summed E-state index contributed by atoms with van der Waals surface area (Å²) in [7, 11) is 2.17. The lowest BCUT2D eigenvalue weighted by Crippen LogP contribution is -2.45. The highest BCUT2D eigenvalue weighted by atomic mass is 16.1. The molecule has 1 aliphatic heterocycles. The number of likely N-dealkylation sites (N-methyl/N-ethyl adjacent to an activating group) is 1. The standard InChI is InChI=1S/C22H29N3O/c1-24-14-16-25(17-15-24)13-7-12-23-22(26)21-11-6-5-10-20(21)18-19-8-3-2-4-9-19/h2-6,8-11H,7,12-18H2,1H3,(H,23,26). The van der Waals surface area contributed by atoms with Crippen molar-refractivity contribution in [3.05, 3.63) is 71.3 Å². The van der Waals surface area contributed by atoms with Crippen LogP contribution in [-0.2, 0) is 6.42 Å². The fraction of sp³-hybridized carbons (Fsp3) is 0.409. The summed E-state index contributed by atoms with van der Waals surface area (Å²) in [6.07, 6.45) is 1.78. The molecule has 0 atom stereocenters. The van der Waals surface area contributed by atoms with Gasteiger partial charge in [-0.1, -0.05) is 48.5 Å². The maximum Gasteiger partial charge on any atom is 0.251 e. The van der Waals surface area contributed by atoms with E-state index in [1.807, 2.05) is 42.5 Å². The summed E-state index contributed by atoms with van der Waals surface area (Å²) in [4.78, 5) is 17.5. The highest BCUT2D eigenvalue weighted by molar-refractivity contribution is 5.95. The number of rotatable bonds is 7. The Morgan fingerprint density at radius 1 is 0.962 bits per heavy atom. The van der Waals surface area contributed by atoms with E-state index >= 15 is 0 Å². The van der Waals surface area contributed by atoms with Crippen molar-refractivity contribution in [2.24, 2.45) is 0 Å². The molecule has 1 heterocycles. The number of piperazine rings is 1. The molecule has 3 rings (SSSR count). The molecule has 1 aliphatic rings. The summed E-state index contributed by atoms with van der Waals surface area (Å²) in [5.74, 6) is 0.0370. The molecule has 0 radical (unpaired) electrons. The minimum atomic E-state index is 0.0370. The molecule has 4 heteroatoms. The van der Waals surface area contributed by atoms with Gasteiger partial charge in [0.1, 0.15) is 0 Å². The normalized spacial score (nSPS) is 15.7. The third-order valence-electron chi connectivity index (χ3n) is 5.03. The lowest BCUT2D eigenvalue weighted by atomic mass is 9.99. The number of amides is 1. The van der Waals surface area contributed by atoms with Gasteiger partial charge in [-0.2, -0.15) is 0 Å². The Kier molecular flexibility index (Phi) is 6.81. The first-order valence-corrected chi connectivity index (χ1v) is 9.53. The Hall–Kier alpha value is -2.17. The van der Waals surface area contributed by atoms with Crippen LogP contribution in [0.15, 0.2) is 54.6 Å². The summed E-state index contributed by atoms with van der Waals surface area (Å²) in [5, 5.41) is 3.10. The number of benzene rings is 2. The summed E-state index contributed by atoms with van der Waals surface area (Å²) in [6.45, 7) is 6.32. The zero-order valence-electron chi connectivity index (χ0n) is 15.7. The molecule has 0 saturated carbocycles. The molecule has 0 spiro atoms. The maximum absolute atomic E-state index is 12.6. The van der Waals surface area contributed by atoms with Crippen LogP contribution in [0.4, 0.5) is 0 Å². The highest BCUT2D eigenvalue weighted by Crippen LogP contribution is 2.14. The predicted molar refractivity (Wildman–Crippen MR) is 107 cm³/mol. The van der Waals surface area contributed by atoms with Crippen LogP contribution in [0.25, 0.3) is 0 Å². The Morgan fingerprint density at radius 2 is 1.65 bits per heavy atom. The Morgan fingerprint density at radius 3 is 2.42 bits per heavy atom. The molecule has 1 saturated heterocycles. The average molecular weight is 351 g/mol. The zero-order valence-corrected chi connectivity index (χ0v) is 15.7. The van der Waals surface area contributed by atoms with Gasteiger partial charge in [0.05, 0.1) is 0 Å². The molecule has 0 unspecified atom stereocenters. The number of hydrogen-bond acceptors (Lipinski definition) is 3. The monoisotopic (exact) mass is 351 g/mol. The van der Waals surface area contributed by atoms with E-state index in [1.54, 1.807) is 0 Å². The Bertz CT molecular complexity index is 694. The van der Waals surface area contributed by atoms with Crippen LogP contribution >= 0.6 is 0 Å². The van der Waals surface area contributed by atoms with Crippen LogP contribution in [0.1, 0.15) is 27.9 Å². The smallest absolute Gasteiger partial charge is 0.251 e. The first-order chi connectivity index (χ1) is 12.7. The van der Waals surface area contributed by atoms with Gasteiger partial charge in [0.2, 0.25) is 0 Å². The molecule has 138 valence electrons.